The first-order valence-corrected chi connectivity index (χ1v) is 6.48. The third-order valence-corrected chi connectivity index (χ3v) is 2.37. The van der Waals surface area contributed by atoms with Crippen molar-refractivity contribution in [2.45, 2.75) is 0 Å². The first kappa shape index (κ1) is 12.7. The maximum atomic E-state index is 10.7. The first-order chi connectivity index (χ1) is 7.51. The monoisotopic (exact) mass is 242 g/mol. The van der Waals surface area contributed by atoms with Crippen molar-refractivity contribution in [3.8, 4) is 5.75 Å². The highest BCUT2D eigenvalue weighted by Gasteiger charge is 1.97. The normalized spacial score (nSPS) is 11.9. The Balaban J connectivity index is 2.50. The third kappa shape index (κ3) is 4.95. The lowest BCUT2D eigenvalue weighted by Gasteiger charge is -1.99. The molecule has 0 aliphatic heterocycles. The molecule has 0 amide bonds. The smallest absolute Gasteiger partial charge is 0.264 e. The maximum absolute atomic E-state index is 10.7. The van der Waals surface area contributed by atoms with Gasteiger partial charge in [0.25, 0.3) is 10.1 Å². The quantitative estimate of drug-likeness (QED) is 0.737. The molecule has 0 radical (unpaired) electrons. The van der Waals surface area contributed by atoms with Crippen molar-refractivity contribution in [3.05, 3.63) is 35.9 Å². The van der Waals surface area contributed by atoms with Crippen molar-refractivity contribution in [2.24, 2.45) is 0 Å². The molecule has 0 spiro atoms. The van der Waals surface area contributed by atoms with Crippen molar-refractivity contribution in [1.29, 1.82) is 0 Å². The molecule has 0 atom stereocenters. The van der Waals surface area contributed by atoms with Crippen LogP contribution in [0.3, 0.4) is 0 Å². The summed E-state index contributed by atoms with van der Waals surface area (Å²) >= 11 is 0. The van der Waals surface area contributed by atoms with Crippen LogP contribution in [0.2, 0.25) is 0 Å². The van der Waals surface area contributed by atoms with Crippen LogP contribution in [-0.2, 0) is 14.3 Å². The van der Waals surface area contributed by atoms with E-state index >= 15 is 0 Å². The van der Waals surface area contributed by atoms with Crippen molar-refractivity contribution >= 4 is 16.2 Å². The second-order valence-electron chi connectivity index (χ2n) is 3.16. The Hall–Kier alpha value is -1.33. The summed E-state index contributed by atoms with van der Waals surface area (Å²) in [4.78, 5) is 0. The van der Waals surface area contributed by atoms with Gasteiger partial charge >= 0.3 is 0 Å². The van der Waals surface area contributed by atoms with E-state index in [4.69, 9.17) is 4.74 Å². The van der Waals surface area contributed by atoms with Gasteiger partial charge < -0.3 is 4.74 Å². The zero-order chi connectivity index (χ0) is 12.0. The van der Waals surface area contributed by atoms with Crippen molar-refractivity contribution in [1.82, 2.24) is 0 Å². The molecule has 1 aromatic rings. The van der Waals surface area contributed by atoms with E-state index in [1.54, 1.807) is 19.3 Å². The second-order valence-corrected chi connectivity index (χ2v) is 4.81. The Morgan fingerprint density at radius 1 is 1.25 bits per heavy atom. The highest BCUT2D eigenvalue weighted by molar-refractivity contribution is 7.85. The minimum Gasteiger partial charge on any atom is -0.497 e. The Morgan fingerprint density at radius 3 is 2.38 bits per heavy atom. The summed E-state index contributed by atoms with van der Waals surface area (Å²) in [6, 6.07) is 7.40. The number of methoxy groups -OCH3 is 1. The van der Waals surface area contributed by atoms with Crippen LogP contribution in [0.4, 0.5) is 0 Å². The van der Waals surface area contributed by atoms with E-state index in [-0.39, 0.29) is 6.61 Å². The highest BCUT2D eigenvalue weighted by atomic mass is 32.2. The summed E-state index contributed by atoms with van der Waals surface area (Å²) in [5.74, 6) is 0.782. The van der Waals surface area contributed by atoms with Gasteiger partial charge in [-0.05, 0) is 17.7 Å². The minimum absolute atomic E-state index is 0.0465. The van der Waals surface area contributed by atoms with Crippen molar-refractivity contribution in [3.63, 3.8) is 0 Å². The Kier molecular flexibility index (Phi) is 4.52. The van der Waals surface area contributed by atoms with Crippen LogP contribution in [0.25, 0.3) is 6.08 Å². The summed E-state index contributed by atoms with van der Waals surface area (Å²) in [7, 11) is -1.76. The lowest BCUT2D eigenvalue weighted by Crippen LogP contribution is -2.01. The largest absolute Gasteiger partial charge is 0.497 e. The van der Waals surface area contributed by atoms with Crippen molar-refractivity contribution in [2.75, 3.05) is 20.0 Å². The number of rotatable bonds is 5. The van der Waals surface area contributed by atoms with E-state index in [1.165, 1.54) is 0 Å². The fourth-order valence-corrected chi connectivity index (χ4v) is 1.39. The van der Waals surface area contributed by atoms with Crippen LogP contribution in [0.15, 0.2) is 30.3 Å². The molecule has 5 heteroatoms. The summed E-state index contributed by atoms with van der Waals surface area (Å²) in [5.41, 5.74) is 0.956. The number of ether oxygens (including phenoxy) is 1. The average Bonchev–Trinajstić information content (AvgIpc) is 2.24. The molecule has 0 saturated heterocycles. The van der Waals surface area contributed by atoms with Gasteiger partial charge in [-0.15, -0.1) is 0 Å². The lowest BCUT2D eigenvalue weighted by molar-refractivity contribution is 0.362. The van der Waals surface area contributed by atoms with Crippen molar-refractivity contribution < 1.29 is 17.3 Å². The number of hydrogen-bond acceptors (Lipinski definition) is 4. The molecule has 0 saturated carbocycles. The molecule has 0 aliphatic rings. The molecule has 0 fully saturated rings. The molecule has 1 rings (SSSR count). The number of hydrogen-bond donors (Lipinski definition) is 0. The summed E-state index contributed by atoms with van der Waals surface area (Å²) in [6.07, 6.45) is 4.45. The zero-order valence-electron chi connectivity index (χ0n) is 9.21. The predicted molar refractivity (Wildman–Crippen MR) is 62.8 cm³/mol. The molecule has 4 nitrogen and oxygen atoms in total. The summed E-state index contributed by atoms with van der Waals surface area (Å²) in [5, 5.41) is 0. The maximum Gasteiger partial charge on any atom is 0.264 e. The Bertz CT molecular complexity index is 445. The van der Waals surface area contributed by atoms with Crippen LogP contribution < -0.4 is 4.74 Å². The van der Waals surface area contributed by atoms with Gasteiger partial charge in [-0.1, -0.05) is 24.3 Å². The molecule has 0 aliphatic carbocycles. The molecule has 0 aromatic heterocycles. The fraction of sp³-hybridized carbons (Fsp3) is 0.273. The van der Waals surface area contributed by atoms with Gasteiger partial charge in [0.1, 0.15) is 5.75 Å². The van der Waals surface area contributed by atoms with E-state index in [1.807, 2.05) is 24.3 Å². The lowest BCUT2D eigenvalue weighted by atomic mass is 10.2. The first-order valence-electron chi connectivity index (χ1n) is 4.66. The van der Waals surface area contributed by atoms with Gasteiger partial charge in [0.05, 0.1) is 20.0 Å². The molecular weight excluding hydrogens is 228 g/mol. The van der Waals surface area contributed by atoms with E-state index in [2.05, 4.69) is 4.18 Å². The Labute approximate surface area is 95.6 Å². The van der Waals surface area contributed by atoms with Crippen LogP contribution in [0.1, 0.15) is 5.56 Å². The van der Waals surface area contributed by atoms with Crippen LogP contribution >= 0.6 is 0 Å². The minimum atomic E-state index is -3.36. The van der Waals surface area contributed by atoms with E-state index in [9.17, 15) is 8.42 Å². The standard InChI is InChI=1S/C11H14O4S/c1-14-11-7-5-10(6-8-11)4-3-9-15-16(2,12)13/h3-8H,9H2,1-2H3. The topological polar surface area (TPSA) is 52.6 Å². The zero-order valence-corrected chi connectivity index (χ0v) is 10.0. The SMILES string of the molecule is COc1ccc(C=CCOS(C)(=O)=O)cc1. The van der Waals surface area contributed by atoms with Gasteiger partial charge in [0.15, 0.2) is 0 Å². The van der Waals surface area contributed by atoms with Crippen LogP contribution in [-0.4, -0.2) is 28.4 Å². The molecule has 0 bridgehead atoms. The molecule has 88 valence electrons. The molecule has 0 unspecified atom stereocenters. The van der Waals surface area contributed by atoms with Gasteiger partial charge in [-0.3, -0.25) is 4.18 Å². The number of benzene rings is 1. The molecule has 1 aromatic carbocycles. The average molecular weight is 242 g/mol. The highest BCUT2D eigenvalue weighted by Crippen LogP contribution is 2.12. The summed E-state index contributed by atoms with van der Waals surface area (Å²) in [6.45, 7) is 0.0465. The Morgan fingerprint density at radius 2 is 1.88 bits per heavy atom. The van der Waals surface area contributed by atoms with E-state index in [0.29, 0.717) is 0 Å². The van der Waals surface area contributed by atoms with E-state index in [0.717, 1.165) is 17.6 Å². The van der Waals surface area contributed by atoms with Crippen LogP contribution in [0.5, 0.6) is 5.75 Å². The third-order valence-electron chi connectivity index (χ3n) is 1.80. The molecular formula is C11H14O4S. The second kappa shape index (κ2) is 5.67. The fourth-order valence-electron chi connectivity index (χ4n) is 1.06. The van der Waals surface area contributed by atoms with Gasteiger partial charge in [-0.25, -0.2) is 0 Å². The summed E-state index contributed by atoms with van der Waals surface area (Å²) < 4.78 is 30.9. The van der Waals surface area contributed by atoms with Gasteiger partial charge in [0, 0.05) is 0 Å². The van der Waals surface area contributed by atoms with E-state index < -0.39 is 10.1 Å². The van der Waals surface area contributed by atoms with Gasteiger partial charge in [-0.2, -0.15) is 8.42 Å². The predicted octanol–water partition coefficient (Wildman–Crippen LogP) is 1.68. The molecule has 16 heavy (non-hydrogen) atoms. The molecule has 0 heterocycles. The van der Waals surface area contributed by atoms with Gasteiger partial charge in [0.2, 0.25) is 0 Å². The molecule has 0 N–H and O–H groups in total. The van der Waals surface area contributed by atoms with Crippen LogP contribution in [0, 0.1) is 0 Å².